The maximum atomic E-state index is 11.8. The highest BCUT2D eigenvalue weighted by molar-refractivity contribution is 7.15. The van der Waals surface area contributed by atoms with Crippen molar-refractivity contribution in [3.05, 3.63) is 52.8 Å². The predicted molar refractivity (Wildman–Crippen MR) is 127 cm³/mol. The minimum atomic E-state index is -0.0291. The zero-order valence-electron chi connectivity index (χ0n) is 18.9. The number of amides is 1. The monoisotopic (exact) mass is 450 g/mol. The molecular formula is C24H30N6OS. The van der Waals surface area contributed by atoms with Crippen LogP contribution in [0.5, 0.6) is 0 Å². The van der Waals surface area contributed by atoms with Crippen molar-refractivity contribution in [2.75, 3.05) is 11.9 Å². The van der Waals surface area contributed by atoms with Gasteiger partial charge in [0, 0.05) is 35.1 Å². The zero-order valence-corrected chi connectivity index (χ0v) is 19.7. The summed E-state index contributed by atoms with van der Waals surface area (Å²) in [5.41, 5.74) is 3.38. The van der Waals surface area contributed by atoms with Crippen LogP contribution in [0, 0.1) is 5.92 Å². The van der Waals surface area contributed by atoms with Crippen LogP contribution in [-0.2, 0) is 23.2 Å². The number of thiazole rings is 1. The Kier molecular flexibility index (Phi) is 6.79. The third kappa shape index (κ3) is 4.80. The molecule has 4 rings (SSSR count). The molecule has 168 valence electrons. The van der Waals surface area contributed by atoms with Gasteiger partial charge < -0.3 is 10.6 Å². The van der Waals surface area contributed by atoms with Crippen LogP contribution in [0.15, 0.2) is 36.7 Å². The Balaban J connectivity index is 1.39. The van der Waals surface area contributed by atoms with Gasteiger partial charge in [-0.2, -0.15) is 0 Å². The SMILES string of the molecule is CCc1cccnc1C1(CNc2ccc(-c3ncc(CNC(=O)C(C)C)s3)nn2)CCC1. The molecule has 1 aliphatic carbocycles. The molecule has 0 saturated heterocycles. The molecule has 0 aliphatic heterocycles. The fraction of sp³-hybridized carbons (Fsp3) is 0.458. The summed E-state index contributed by atoms with van der Waals surface area (Å²) in [6.07, 6.45) is 8.20. The van der Waals surface area contributed by atoms with Crippen LogP contribution >= 0.6 is 11.3 Å². The first-order valence-electron chi connectivity index (χ1n) is 11.3. The molecule has 0 unspecified atom stereocenters. The smallest absolute Gasteiger partial charge is 0.222 e. The number of anilines is 1. The Bertz CT molecular complexity index is 1060. The maximum Gasteiger partial charge on any atom is 0.222 e. The molecule has 0 bridgehead atoms. The maximum absolute atomic E-state index is 11.8. The Morgan fingerprint density at radius 3 is 2.69 bits per heavy atom. The van der Waals surface area contributed by atoms with Gasteiger partial charge in [-0.25, -0.2) is 4.98 Å². The number of rotatable bonds is 9. The van der Waals surface area contributed by atoms with E-state index in [9.17, 15) is 4.79 Å². The number of hydrogen-bond donors (Lipinski definition) is 2. The molecule has 1 saturated carbocycles. The summed E-state index contributed by atoms with van der Waals surface area (Å²) in [5.74, 6) is 0.768. The molecule has 2 N–H and O–H groups in total. The number of hydrogen-bond acceptors (Lipinski definition) is 7. The number of aryl methyl sites for hydroxylation is 1. The van der Waals surface area contributed by atoms with Gasteiger partial charge in [-0.05, 0) is 43.0 Å². The van der Waals surface area contributed by atoms with Gasteiger partial charge in [-0.1, -0.05) is 33.3 Å². The van der Waals surface area contributed by atoms with Crippen LogP contribution in [0.25, 0.3) is 10.7 Å². The quantitative estimate of drug-likeness (QED) is 0.503. The molecule has 32 heavy (non-hydrogen) atoms. The zero-order chi connectivity index (χ0) is 22.6. The lowest BCUT2D eigenvalue weighted by Gasteiger charge is -2.42. The molecule has 0 radical (unpaired) electrons. The molecule has 0 spiro atoms. The Labute approximate surface area is 193 Å². The van der Waals surface area contributed by atoms with Crippen molar-refractivity contribution in [3.63, 3.8) is 0 Å². The minimum absolute atomic E-state index is 0.0291. The summed E-state index contributed by atoms with van der Waals surface area (Å²) in [6, 6.07) is 8.11. The highest BCUT2D eigenvalue weighted by Crippen LogP contribution is 2.44. The fourth-order valence-corrected chi connectivity index (χ4v) is 4.81. The van der Waals surface area contributed by atoms with Gasteiger partial charge in [-0.15, -0.1) is 21.5 Å². The van der Waals surface area contributed by atoms with Crippen molar-refractivity contribution in [1.29, 1.82) is 0 Å². The molecule has 7 nitrogen and oxygen atoms in total. The lowest BCUT2D eigenvalue weighted by molar-refractivity contribution is -0.124. The number of carbonyl (C=O) groups is 1. The highest BCUT2D eigenvalue weighted by atomic mass is 32.1. The van der Waals surface area contributed by atoms with E-state index in [4.69, 9.17) is 4.98 Å². The number of nitrogens with one attached hydrogen (secondary N) is 2. The van der Waals surface area contributed by atoms with Crippen LogP contribution in [-0.4, -0.2) is 32.6 Å². The number of pyridine rings is 1. The average molecular weight is 451 g/mol. The third-order valence-corrected chi connectivity index (χ3v) is 7.11. The lowest BCUT2D eigenvalue weighted by Crippen LogP contribution is -2.42. The largest absolute Gasteiger partial charge is 0.368 e. The van der Waals surface area contributed by atoms with Crippen LogP contribution in [0.4, 0.5) is 5.82 Å². The Morgan fingerprint density at radius 2 is 2.03 bits per heavy atom. The van der Waals surface area contributed by atoms with E-state index >= 15 is 0 Å². The highest BCUT2D eigenvalue weighted by Gasteiger charge is 2.41. The molecule has 3 aromatic rings. The standard InChI is InChI=1S/C24H30N6OS/c1-4-17-7-5-12-25-21(17)24(10-6-11-24)15-28-20-9-8-19(29-30-20)23-27-14-18(32-23)13-26-22(31)16(2)3/h5,7-9,12,14,16H,4,6,10-11,13,15H2,1-3H3,(H,26,31)(H,28,30). The molecule has 0 atom stereocenters. The first-order valence-corrected chi connectivity index (χ1v) is 12.1. The van der Waals surface area contributed by atoms with Crippen molar-refractivity contribution >= 4 is 23.1 Å². The van der Waals surface area contributed by atoms with Crippen molar-refractivity contribution < 1.29 is 4.79 Å². The van der Waals surface area contributed by atoms with Gasteiger partial charge in [0.15, 0.2) is 0 Å². The van der Waals surface area contributed by atoms with Gasteiger partial charge in [0.2, 0.25) is 5.91 Å². The normalized spacial score (nSPS) is 14.8. The lowest BCUT2D eigenvalue weighted by atomic mass is 9.65. The fourth-order valence-electron chi connectivity index (χ4n) is 3.99. The predicted octanol–water partition coefficient (Wildman–Crippen LogP) is 4.36. The van der Waals surface area contributed by atoms with Gasteiger partial charge in [0.25, 0.3) is 0 Å². The van der Waals surface area contributed by atoms with E-state index in [0.717, 1.165) is 47.2 Å². The van der Waals surface area contributed by atoms with Crippen molar-refractivity contribution in [2.24, 2.45) is 5.92 Å². The van der Waals surface area contributed by atoms with Crippen molar-refractivity contribution in [2.45, 2.75) is 58.4 Å². The van der Waals surface area contributed by atoms with Crippen LogP contribution in [0.3, 0.4) is 0 Å². The second-order valence-corrected chi connectivity index (χ2v) is 9.78. The summed E-state index contributed by atoms with van der Waals surface area (Å²) in [7, 11) is 0. The van der Waals surface area contributed by atoms with E-state index in [0.29, 0.717) is 6.54 Å². The molecule has 0 aromatic carbocycles. The van der Waals surface area contributed by atoms with E-state index < -0.39 is 0 Å². The Morgan fingerprint density at radius 1 is 1.19 bits per heavy atom. The first kappa shape index (κ1) is 22.3. The van der Waals surface area contributed by atoms with Gasteiger partial charge in [-0.3, -0.25) is 9.78 Å². The van der Waals surface area contributed by atoms with E-state index in [1.165, 1.54) is 29.0 Å². The molecular weight excluding hydrogens is 420 g/mol. The Hall–Kier alpha value is -2.87. The summed E-state index contributed by atoms with van der Waals surface area (Å²) in [6.45, 7) is 7.24. The van der Waals surface area contributed by atoms with E-state index in [1.54, 1.807) is 6.20 Å². The van der Waals surface area contributed by atoms with E-state index in [2.05, 4.69) is 38.8 Å². The first-order chi connectivity index (χ1) is 15.5. The number of nitrogens with zero attached hydrogens (tertiary/aromatic N) is 4. The van der Waals surface area contributed by atoms with Gasteiger partial charge >= 0.3 is 0 Å². The molecule has 1 amide bonds. The molecule has 3 heterocycles. The molecule has 8 heteroatoms. The second-order valence-electron chi connectivity index (χ2n) is 8.66. The van der Waals surface area contributed by atoms with Gasteiger partial charge in [0.1, 0.15) is 16.5 Å². The topological polar surface area (TPSA) is 92.7 Å². The molecule has 1 aliphatic rings. The minimum Gasteiger partial charge on any atom is -0.368 e. The number of aromatic nitrogens is 4. The van der Waals surface area contributed by atoms with E-state index in [1.807, 2.05) is 38.2 Å². The number of carbonyl (C=O) groups excluding carboxylic acids is 1. The van der Waals surface area contributed by atoms with Crippen LogP contribution < -0.4 is 10.6 Å². The molecule has 3 aromatic heterocycles. The van der Waals surface area contributed by atoms with Crippen LogP contribution in [0.1, 0.15) is 56.2 Å². The summed E-state index contributed by atoms with van der Waals surface area (Å²) in [4.78, 5) is 21.9. The second kappa shape index (κ2) is 9.73. The van der Waals surface area contributed by atoms with Crippen molar-refractivity contribution in [1.82, 2.24) is 25.5 Å². The average Bonchev–Trinajstić information content (AvgIpc) is 3.26. The summed E-state index contributed by atoms with van der Waals surface area (Å²) < 4.78 is 0. The van der Waals surface area contributed by atoms with Crippen LogP contribution in [0.2, 0.25) is 0 Å². The third-order valence-electron chi connectivity index (χ3n) is 6.09. The molecule has 1 fully saturated rings. The van der Waals surface area contributed by atoms with Gasteiger partial charge in [0.05, 0.1) is 12.2 Å². The summed E-state index contributed by atoms with van der Waals surface area (Å²) >= 11 is 1.52. The van der Waals surface area contributed by atoms with Crippen molar-refractivity contribution in [3.8, 4) is 10.7 Å². The summed E-state index contributed by atoms with van der Waals surface area (Å²) in [5, 5.41) is 15.9. The van der Waals surface area contributed by atoms with E-state index in [-0.39, 0.29) is 17.2 Å².